The SMILES string of the molecule is Cc1ccc(NCC(O)COc2ccccc2F)c(Br)c1. The van der Waals surface area contributed by atoms with Gasteiger partial charge in [-0.3, -0.25) is 0 Å². The predicted octanol–water partition coefficient (Wildman–Crippen LogP) is 3.75. The summed E-state index contributed by atoms with van der Waals surface area (Å²) in [6.07, 6.45) is -0.738. The molecule has 1 atom stereocenters. The zero-order valence-electron chi connectivity index (χ0n) is 11.6. The molecule has 112 valence electrons. The van der Waals surface area contributed by atoms with Crippen molar-refractivity contribution in [2.24, 2.45) is 0 Å². The minimum Gasteiger partial charge on any atom is -0.488 e. The average Bonchev–Trinajstić information content (AvgIpc) is 2.45. The summed E-state index contributed by atoms with van der Waals surface area (Å²) in [5.74, 6) is -0.285. The van der Waals surface area contributed by atoms with Crippen LogP contribution in [0.3, 0.4) is 0 Å². The summed E-state index contributed by atoms with van der Waals surface area (Å²) in [4.78, 5) is 0. The van der Waals surface area contributed by atoms with Crippen molar-refractivity contribution in [1.29, 1.82) is 0 Å². The van der Waals surface area contributed by atoms with Crippen LogP contribution >= 0.6 is 15.9 Å². The molecule has 0 bridgehead atoms. The van der Waals surface area contributed by atoms with E-state index in [9.17, 15) is 9.50 Å². The second-order valence-electron chi connectivity index (χ2n) is 4.76. The first kappa shape index (κ1) is 15.8. The summed E-state index contributed by atoms with van der Waals surface area (Å²) in [7, 11) is 0. The van der Waals surface area contributed by atoms with E-state index in [0.29, 0.717) is 6.54 Å². The van der Waals surface area contributed by atoms with Crippen LogP contribution < -0.4 is 10.1 Å². The molecular weight excluding hydrogens is 337 g/mol. The molecule has 0 saturated heterocycles. The molecule has 0 aliphatic rings. The van der Waals surface area contributed by atoms with Crippen molar-refractivity contribution < 1.29 is 14.2 Å². The van der Waals surface area contributed by atoms with Crippen LogP contribution in [0, 0.1) is 12.7 Å². The largest absolute Gasteiger partial charge is 0.488 e. The molecule has 2 rings (SSSR count). The van der Waals surface area contributed by atoms with E-state index >= 15 is 0 Å². The van der Waals surface area contributed by atoms with Crippen LogP contribution in [0.2, 0.25) is 0 Å². The summed E-state index contributed by atoms with van der Waals surface area (Å²) < 4.78 is 19.5. The highest BCUT2D eigenvalue weighted by molar-refractivity contribution is 9.10. The highest BCUT2D eigenvalue weighted by Gasteiger charge is 2.08. The Balaban J connectivity index is 1.82. The molecule has 5 heteroatoms. The van der Waals surface area contributed by atoms with E-state index in [1.807, 2.05) is 25.1 Å². The van der Waals surface area contributed by atoms with Gasteiger partial charge in [-0.2, -0.15) is 0 Å². The number of hydrogen-bond acceptors (Lipinski definition) is 3. The van der Waals surface area contributed by atoms with Crippen LogP contribution in [0.1, 0.15) is 5.56 Å². The molecule has 0 spiro atoms. The van der Waals surface area contributed by atoms with Gasteiger partial charge in [-0.15, -0.1) is 0 Å². The summed E-state index contributed by atoms with van der Waals surface area (Å²) >= 11 is 3.46. The van der Waals surface area contributed by atoms with Gasteiger partial charge in [-0.1, -0.05) is 18.2 Å². The Morgan fingerprint density at radius 2 is 2.05 bits per heavy atom. The van der Waals surface area contributed by atoms with Gasteiger partial charge in [0.2, 0.25) is 0 Å². The minimum absolute atomic E-state index is 0.0252. The van der Waals surface area contributed by atoms with Crippen molar-refractivity contribution in [2.45, 2.75) is 13.0 Å². The van der Waals surface area contributed by atoms with E-state index in [2.05, 4.69) is 21.2 Å². The van der Waals surface area contributed by atoms with Crippen LogP contribution in [0.15, 0.2) is 46.9 Å². The third-order valence-electron chi connectivity index (χ3n) is 2.92. The first-order valence-electron chi connectivity index (χ1n) is 6.61. The van der Waals surface area contributed by atoms with E-state index in [0.717, 1.165) is 15.7 Å². The molecule has 1 unspecified atom stereocenters. The number of para-hydroxylation sites is 1. The van der Waals surface area contributed by atoms with Crippen LogP contribution in [0.25, 0.3) is 0 Å². The molecule has 0 saturated carbocycles. The maximum atomic E-state index is 13.4. The summed E-state index contributed by atoms with van der Waals surface area (Å²) in [5, 5.41) is 13.0. The molecule has 0 aliphatic heterocycles. The van der Waals surface area contributed by atoms with Crippen molar-refractivity contribution in [3.63, 3.8) is 0 Å². The van der Waals surface area contributed by atoms with Gasteiger partial charge in [0, 0.05) is 16.7 Å². The Bertz CT molecular complexity index is 607. The lowest BCUT2D eigenvalue weighted by Crippen LogP contribution is -2.26. The summed E-state index contributed by atoms with van der Waals surface area (Å²) in [6.45, 7) is 2.35. The number of aliphatic hydroxyl groups is 1. The second-order valence-corrected chi connectivity index (χ2v) is 5.61. The molecule has 2 N–H and O–H groups in total. The average molecular weight is 354 g/mol. The number of ether oxygens (including phenoxy) is 1. The highest BCUT2D eigenvalue weighted by atomic mass is 79.9. The third kappa shape index (κ3) is 4.72. The smallest absolute Gasteiger partial charge is 0.165 e. The lowest BCUT2D eigenvalue weighted by Gasteiger charge is -2.15. The molecule has 0 amide bonds. The zero-order valence-corrected chi connectivity index (χ0v) is 13.2. The third-order valence-corrected chi connectivity index (χ3v) is 3.58. The Morgan fingerprint density at radius 1 is 1.29 bits per heavy atom. The van der Waals surface area contributed by atoms with Crippen molar-refractivity contribution in [3.05, 3.63) is 58.3 Å². The fraction of sp³-hybridized carbons (Fsp3) is 0.250. The number of anilines is 1. The van der Waals surface area contributed by atoms with Crippen molar-refractivity contribution >= 4 is 21.6 Å². The normalized spacial score (nSPS) is 12.0. The highest BCUT2D eigenvalue weighted by Crippen LogP contribution is 2.23. The van der Waals surface area contributed by atoms with Gasteiger partial charge in [-0.25, -0.2) is 4.39 Å². The molecule has 0 fully saturated rings. The molecule has 0 aliphatic carbocycles. The predicted molar refractivity (Wildman–Crippen MR) is 85.3 cm³/mol. The molecule has 0 heterocycles. The number of aliphatic hydroxyl groups excluding tert-OH is 1. The summed E-state index contributed by atoms with van der Waals surface area (Å²) in [6, 6.07) is 12.0. The summed E-state index contributed by atoms with van der Waals surface area (Å²) in [5.41, 5.74) is 2.04. The topological polar surface area (TPSA) is 41.5 Å². The first-order chi connectivity index (χ1) is 10.1. The molecular formula is C16H17BrFNO2. The van der Waals surface area contributed by atoms with E-state index in [-0.39, 0.29) is 12.4 Å². The monoisotopic (exact) mass is 353 g/mol. The van der Waals surface area contributed by atoms with Crippen LogP contribution in [0.4, 0.5) is 10.1 Å². The Morgan fingerprint density at radius 3 is 2.76 bits per heavy atom. The van der Waals surface area contributed by atoms with Gasteiger partial charge in [0.15, 0.2) is 11.6 Å². The van der Waals surface area contributed by atoms with Crippen molar-refractivity contribution in [1.82, 2.24) is 0 Å². The van der Waals surface area contributed by atoms with E-state index in [1.165, 1.54) is 12.1 Å². The van der Waals surface area contributed by atoms with Crippen LogP contribution in [-0.4, -0.2) is 24.4 Å². The number of benzene rings is 2. The minimum atomic E-state index is -0.738. The lowest BCUT2D eigenvalue weighted by atomic mass is 10.2. The fourth-order valence-corrected chi connectivity index (χ4v) is 2.43. The van der Waals surface area contributed by atoms with E-state index < -0.39 is 11.9 Å². The van der Waals surface area contributed by atoms with E-state index in [4.69, 9.17) is 4.74 Å². The fourth-order valence-electron chi connectivity index (χ4n) is 1.80. The number of hydrogen-bond donors (Lipinski definition) is 2. The maximum Gasteiger partial charge on any atom is 0.165 e. The molecule has 0 aromatic heterocycles. The van der Waals surface area contributed by atoms with E-state index in [1.54, 1.807) is 12.1 Å². The number of nitrogens with one attached hydrogen (secondary N) is 1. The Hall–Kier alpha value is -1.59. The Labute approximate surface area is 131 Å². The lowest BCUT2D eigenvalue weighted by molar-refractivity contribution is 0.115. The quantitative estimate of drug-likeness (QED) is 0.830. The van der Waals surface area contributed by atoms with Crippen molar-refractivity contribution in [3.8, 4) is 5.75 Å². The van der Waals surface area contributed by atoms with Gasteiger partial charge >= 0.3 is 0 Å². The molecule has 2 aromatic rings. The number of aryl methyl sites for hydroxylation is 1. The molecule has 0 radical (unpaired) electrons. The van der Waals surface area contributed by atoms with Gasteiger partial charge in [0.25, 0.3) is 0 Å². The number of rotatable bonds is 6. The van der Waals surface area contributed by atoms with Crippen LogP contribution in [0.5, 0.6) is 5.75 Å². The van der Waals surface area contributed by atoms with Gasteiger partial charge in [0.05, 0.1) is 0 Å². The molecule has 3 nitrogen and oxygen atoms in total. The van der Waals surface area contributed by atoms with Gasteiger partial charge in [-0.05, 0) is 52.7 Å². The van der Waals surface area contributed by atoms with Gasteiger partial charge < -0.3 is 15.2 Å². The number of halogens is 2. The van der Waals surface area contributed by atoms with Crippen LogP contribution in [-0.2, 0) is 0 Å². The zero-order chi connectivity index (χ0) is 15.2. The molecule has 21 heavy (non-hydrogen) atoms. The van der Waals surface area contributed by atoms with Gasteiger partial charge in [0.1, 0.15) is 12.7 Å². The van der Waals surface area contributed by atoms with Crippen molar-refractivity contribution in [2.75, 3.05) is 18.5 Å². The molecule has 2 aromatic carbocycles. The Kier molecular flexibility index (Phi) is 5.59. The second kappa shape index (κ2) is 7.43. The standard InChI is InChI=1S/C16H17BrFNO2/c1-11-6-7-15(13(17)8-11)19-9-12(20)10-21-16-5-3-2-4-14(16)18/h2-8,12,19-20H,9-10H2,1H3. The first-order valence-corrected chi connectivity index (χ1v) is 7.41. The maximum absolute atomic E-state index is 13.4.